The Morgan fingerprint density at radius 1 is 1.15 bits per heavy atom. The zero-order valence-corrected chi connectivity index (χ0v) is 19.9. The Labute approximate surface area is 209 Å². The third kappa shape index (κ3) is 6.80. The predicted octanol–water partition coefficient (Wildman–Crippen LogP) is -10.4. The number of carbonyl (C=O) groups is 2. The van der Waals surface area contributed by atoms with E-state index in [1.807, 2.05) is 0 Å². The van der Waals surface area contributed by atoms with Gasteiger partial charge in [-0.05, 0) is 0 Å². The van der Waals surface area contributed by atoms with Crippen LogP contribution in [-0.2, 0) is 23.8 Å². The molecule has 0 radical (unpaired) electrons. The number of ether oxygens (including phenoxy) is 3. The standard InChI is InChI=1S/C17H29NO14.Na/c1-5(20)18-9-6(21)2-17(16(28)29,32-14(9)10(23)7(22)3-19)30-4-8-11(24)12(25)13(26)15(27)31-8;/h6-15,19,21-27H,2-4H2,1H3,(H,18,20)(H,28,29);/q;+1/p-1/t6-,7-,8-,9+,10+,11-,12+,13-,14+,15-,17-;/m0./s1. The van der Waals surface area contributed by atoms with Gasteiger partial charge in [-0.3, -0.25) is 4.79 Å². The summed E-state index contributed by atoms with van der Waals surface area (Å²) in [6.45, 7) is -0.759. The molecule has 0 spiro atoms. The molecule has 0 aromatic heterocycles. The number of aliphatic carboxylic acids is 1. The number of carbonyl (C=O) groups excluding carboxylic acids is 2. The van der Waals surface area contributed by atoms with Crippen LogP contribution in [0.4, 0.5) is 0 Å². The molecule has 0 saturated carbocycles. The Balaban J connectivity index is 0.00000544. The van der Waals surface area contributed by atoms with Crippen LogP contribution in [0.5, 0.6) is 0 Å². The van der Waals surface area contributed by atoms with Crippen LogP contribution in [0.1, 0.15) is 13.3 Å². The number of hydrogen-bond acceptors (Lipinski definition) is 14. The number of amides is 1. The fourth-order valence-electron chi connectivity index (χ4n) is 3.55. The van der Waals surface area contributed by atoms with Crippen molar-refractivity contribution in [3.8, 4) is 0 Å². The first-order chi connectivity index (χ1) is 14.8. The summed E-state index contributed by atoms with van der Waals surface area (Å²) in [5.41, 5.74) is 0. The Kier molecular flexibility index (Phi) is 11.5. The number of hydrogen-bond donors (Lipinski definition) is 9. The summed E-state index contributed by atoms with van der Waals surface area (Å²) < 4.78 is 15.4. The summed E-state index contributed by atoms with van der Waals surface area (Å²) in [7, 11) is 0. The van der Waals surface area contributed by atoms with Crippen LogP contribution >= 0.6 is 0 Å². The molecule has 0 bridgehead atoms. The first-order valence-electron chi connectivity index (χ1n) is 9.67. The molecule has 0 unspecified atom stereocenters. The van der Waals surface area contributed by atoms with Gasteiger partial charge in [0, 0.05) is 13.3 Å². The predicted molar refractivity (Wildman–Crippen MR) is 94.8 cm³/mol. The van der Waals surface area contributed by atoms with Gasteiger partial charge in [0.1, 0.15) is 48.7 Å². The number of aliphatic hydroxyl groups excluding tert-OH is 8. The van der Waals surface area contributed by atoms with Crippen molar-refractivity contribution in [3.63, 3.8) is 0 Å². The molecule has 2 fully saturated rings. The monoisotopic (exact) mass is 493 g/mol. The quantitative estimate of drug-likeness (QED) is 0.142. The van der Waals surface area contributed by atoms with Gasteiger partial charge in [-0.2, -0.15) is 0 Å². The molecule has 33 heavy (non-hydrogen) atoms. The van der Waals surface area contributed by atoms with Gasteiger partial charge >= 0.3 is 29.6 Å². The zero-order valence-electron chi connectivity index (χ0n) is 17.9. The van der Waals surface area contributed by atoms with E-state index in [0.29, 0.717) is 0 Å². The molecule has 11 atom stereocenters. The van der Waals surface area contributed by atoms with E-state index in [-0.39, 0.29) is 29.6 Å². The second kappa shape index (κ2) is 12.5. The maximum Gasteiger partial charge on any atom is 1.00 e. The first kappa shape index (κ1) is 30.5. The maximum absolute atomic E-state index is 11.9. The number of carboxylic acid groups (broad SMARTS) is 1. The van der Waals surface area contributed by atoms with E-state index in [2.05, 4.69) is 5.32 Å². The van der Waals surface area contributed by atoms with Gasteiger partial charge in [0.05, 0.1) is 25.4 Å². The van der Waals surface area contributed by atoms with Crippen LogP contribution in [-0.4, -0.2) is 133 Å². The third-order valence-electron chi connectivity index (χ3n) is 5.34. The third-order valence-corrected chi connectivity index (χ3v) is 5.34. The van der Waals surface area contributed by atoms with Crippen molar-refractivity contribution in [3.05, 3.63) is 0 Å². The fraction of sp³-hybridized carbons (Fsp3) is 0.882. The maximum atomic E-state index is 11.9. The summed E-state index contributed by atoms with van der Waals surface area (Å²) in [4.78, 5) is 23.4. The van der Waals surface area contributed by atoms with Crippen LogP contribution in [0, 0.1) is 0 Å². The van der Waals surface area contributed by atoms with Gasteiger partial charge in [-0.25, -0.2) is 0 Å². The molecule has 16 heteroatoms. The van der Waals surface area contributed by atoms with Gasteiger partial charge in [0.15, 0.2) is 6.29 Å². The van der Waals surface area contributed by atoms with Gasteiger partial charge in [0.2, 0.25) is 11.7 Å². The van der Waals surface area contributed by atoms with Crippen molar-refractivity contribution in [2.24, 2.45) is 0 Å². The van der Waals surface area contributed by atoms with Crippen molar-refractivity contribution in [1.29, 1.82) is 0 Å². The summed E-state index contributed by atoms with van der Waals surface area (Å²) in [5, 5.41) is 92.6. The molecule has 2 saturated heterocycles. The molecule has 0 aromatic rings. The molecule has 15 nitrogen and oxygen atoms in total. The van der Waals surface area contributed by atoms with Gasteiger partial charge in [0.25, 0.3) is 0 Å². The van der Waals surface area contributed by atoms with Crippen LogP contribution in [0.15, 0.2) is 0 Å². The van der Waals surface area contributed by atoms with Crippen LogP contribution in [0.2, 0.25) is 0 Å². The zero-order chi connectivity index (χ0) is 24.4. The second-order valence-corrected chi connectivity index (χ2v) is 7.71. The number of nitrogens with one attached hydrogen (secondary N) is 1. The average molecular weight is 493 g/mol. The summed E-state index contributed by atoms with van der Waals surface area (Å²) >= 11 is 0. The van der Waals surface area contributed by atoms with Crippen LogP contribution in [0.25, 0.3) is 0 Å². The average Bonchev–Trinajstić information content (AvgIpc) is 2.73. The summed E-state index contributed by atoms with van der Waals surface area (Å²) in [5.74, 6) is -5.53. The van der Waals surface area contributed by atoms with E-state index >= 15 is 0 Å². The van der Waals surface area contributed by atoms with Gasteiger partial charge < -0.3 is 70.3 Å². The Morgan fingerprint density at radius 3 is 2.27 bits per heavy atom. The number of rotatable bonds is 8. The summed E-state index contributed by atoms with van der Waals surface area (Å²) in [6, 6.07) is -1.42. The normalized spacial score (nSPS) is 40.9. The molecular weight excluding hydrogens is 465 g/mol. The molecule has 9 N–H and O–H groups in total. The van der Waals surface area contributed by atoms with Crippen molar-refractivity contribution in [2.45, 2.75) is 80.3 Å². The second-order valence-electron chi connectivity index (χ2n) is 7.71. The first-order valence-corrected chi connectivity index (χ1v) is 9.67. The van der Waals surface area contributed by atoms with E-state index < -0.39 is 98.5 Å². The number of aliphatic hydroxyl groups is 8. The van der Waals surface area contributed by atoms with Gasteiger partial charge in [-0.15, -0.1) is 0 Å². The minimum atomic E-state index is -2.80. The molecular formula is C17H28NNaO14. The number of carboxylic acids is 1. The fourth-order valence-corrected chi connectivity index (χ4v) is 3.55. The molecule has 0 aliphatic carbocycles. The topological polar surface area (TPSA) is 259 Å². The Hall–Kier alpha value is -0.500. The summed E-state index contributed by atoms with van der Waals surface area (Å²) in [6.07, 6.45) is -17.2. The van der Waals surface area contributed by atoms with E-state index in [9.17, 15) is 50.4 Å². The molecule has 2 heterocycles. The van der Waals surface area contributed by atoms with Crippen molar-refractivity contribution in [2.75, 3.05) is 13.2 Å². The van der Waals surface area contributed by atoms with Gasteiger partial charge in [-0.1, -0.05) is 0 Å². The molecule has 2 rings (SSSR count). The molecule has 2 aliphatic heterocycles. The van der Waals surface area contributed by atoms with Crippen molar-refractivity contribution >= 4 is 11.9 Å². The minimum Gasteiger partial charge on any atom is -0.544 e. The Bertz CT molecular complexity index is 672. The molecule has 1 amide bonds. The van der Waals surface area contributed by atoms with Crippen LogP contribution < -0.4 is 40.0 Å². The van der Waals surface area contributed by atoms with Crippen molar-refractivity contribution < 1.29 is 99.3 Å². The SMILES string of the molecule is CC(=O)N[C@H]1[C@H]([C@H](O)[C@@H](O)CO)O[C@](OC[C@@H]2O[C@H](O)[C@@H](O)[C@H](O)[C@H]2O)(C(=O)[O-])C[C@@H]1O.[Na+]. The largest absolute Gasteiger partial charge is 1.00 e. The van der Waals surface area contributed by atoms with Crippen LogP contribution in [0.3, 0.4) is 0 Å². The smallest absolute Gasteiger partial charge is 0.544 e. The van der Waals surface area contributed by atoms with E-state index in [1.165, 1.54) is 0 Å². The van der Waals surface area contributed by atoms with E-state index in [4.69, 9.17) is 19.3 Å². The minimum absolute atomic E-state index is 0. The Morgan fingerprint density at radius 2 is 1.76 bits per heavy atom. The molecule has 186 valence electrons. The van der Waals surface area contributed by atoms with E-state index in [0.717, 1.165) is 6.92 Å². The van der Waals surface area contributed by atoms with Crippen molar-refractivity contribution in [1.82, 2.24) is 5.32 Å². The molecule has 2 aliphatic rings. The molecule has 0 aromatic carbocycles. The van der Waals surface area contributed by atoms with E-state index in [1.54, 1.807) is 0 Å².